The van der Waals surface area contributed by atoms with Crippen molar-refractivity contribution in [3.63, 3.8) is 0 Å². The highest BCUT2D eigenvalue weighted by atomic mass is 35.5. The Labute approximate surface area is 115 Å². The molecule has 5 heteroatoms. The predicted octanol–water partition coefficient (Wildman–Crippen LogP) is 4.12. The van der Waals surface area contributed by atoms with Crippen molar-refractivity contribution in [2.45, 2.75) is 13.5 Å². The summed E-state index contributed by atoms with van der Waals surface area (Å²) in [6, 6.07) is 6.76. The number of rotatable bonds is 3. The Kier molecular flexibility index (Phi) is 3.90. The molecule has 0 saturated carbocycles. The molecule has 0 amide bonds. The van der Waals surface area contributed by atoms with E-state index < -0.39 is 11.6 Å². The van der Waals surface area contributed by atoms with Crippen LogP contribution in [0.1, 0.15) is 11.1 Å². The number of hydrogen-bond acceptors (Lipinski definition) is 2. The summed E-state index contributed by atoms with van der Waals surface area (Å²) >= 11 is 5.92. The molecule has 0 radical (unpaired) electrons. The second-order valence-corrected chi connectivity index (χ2v) is 4.69. The van der Waals surface area contributed by atoms with Gasteiger partial charge in [-0.05, 0) is 42.8 Å². The standard InChI is InChI=1S/C14H13ClF2N2/c1-8-4-13(18)11(15)6-14(8)19-7-9-5-10(16)2-3-12(9)17/h2-6,19H,7,18H2,1H3. The van der Waals surface area contributed by atoms with E-state index in [-0.39, 0.29) is 12.1 Å². The molecule has 0 aromatic heterocycles. The van der Waals surface area contributed by atoms with Gasteiger partial charge in [0.25, 0.3) is 0 Å². The number of anilines is 2. The van der Waals surface area contributed by atoms with Gasteiger partial charge in [0.15, 0.2) is 0 Å². The lowest BCUT2D eigenvalue weighted by atomic mass is 10.1. The third-order valence-corrected chi connectivity index (χ3v) is 3.15. The molecule has 19 heavy (non-hydrogen) atoms. The van der Waals surface area contributed by atoms with Crippen LogP contribution < -0.4 is 11.1 Å². The van der Waals surface area contributed by atoms with Crippen molar-refractivity contribution >= 4 is 23.0 Å². The minimum atomic E-state index is -0.467. The van der Waals surface area contributed by atoms with Crippen molar-refractivity contribution in [3.8, 4) is 0 Å². The van der Waals surface area contributed by atoms with Crippen LogP contribution in [0.2, 0.25) is 5.02 Å². The molecule has 0 spiro atoms. The highest BCUT2D eigenvalue weighted by molar-refractivity contribution is 6.33. The Bertz CT molecular complexity index is 615. The maximum atomic E-state index is 13.5. The van der Waals surface area contributed by atoms with Crippen molar-refractivity contribution in [2.75, 3.05) is 11.1 Å². The third-order valence-electron chi connectivity index (χ3n) is 2.82. The van der Waals surface area contributed by atoms with Gasteiger partial charge in [0.2, 0.25) is 0 Å². The zero-order valence-electron chi connectivity index (χ0n) is 10.3. The van der Waals surface area contributed by atoms with Crippen molar-refractivity contribution < 1.29 is 8.78 Å². The molecule has 0 aliphatic carbocycles. The summed E-state index contributed by atoms with van der Waals surface area (Å²) in [5, 5.41) is 3.44. The molecule has 0 aliphatic heterocycles. The highest BCUT2D eigenvalue weighted by Crippen LogP contribution is 2.27. The smallest absolute Gasteiger partial charge is 0.128 e. The summed E-state index contributed by atoms with van der Waals surface area (Å²) < 4.78 is 26.5. The zero-order chi connectivity index (χ0) is 14.0. The zero-order valence-corrected chi connectivity index (χ0v) is 11.1. The number of hydrogen-bond donors (Lipinski definition) is 2. The number of halogens is 3. The minimum Gasteiger partial charge on any atom is -0.398 e. The van der Waals surface area contributed by atoms with E-state index in [2.05, 4.69) is 5.32 Å². The van der Waals surface area contributed by atoms with Gasteiger partial charge in [-0.1, -0.05) is 11.6 Å². The predicted molar refractivity (Wildman–Crippen MR) is 74.3 cm³/mol. The highest BCUT2D eigenvalue weighted by Gasteiger charge is 2.06. The topological polar surface area (TPSA) is 38.0 Å². The van der Waals surface area contributed by atoms with Crippen molar-refractivity contribution in [1.82, 2.24) is 0 Å². The second-order valence-electron chi connectivity index (χ2n) is 4.28. The number of aryl methyl sites for hydroxylation is 1. The molecule has 0 fully saturated rings. The first-order valence-corrected chi connectivity index (χ1v) is 6.08. The third kappa shape index (κ3) is 3.15. The summed E-state index contributed by atoms with van der Waals surface area (Å²) in [5.41, 5.74) is 8.04. The van der Waals surface area contributed by atoms with E-state index in [0.717, 1.165) is 29.4 Å². The van der Waals surface area contributed by atoms with E-state index >= 15 is 0 Å². The van der Waals surface area contributed by atoms with Gasteiger partial charge in [-0.25, -0.2) is 8.78 Å². The summed E-state index contributed by atoms with van der Waals surface area (Å²) in [6.07, 6.45) is 0. The molecule has 2 aromatic carbocycles. The van der Waals surface area contributed by atoms with Gasteiger partial charge in [-0.3, -0.25) is 0 Å². The van der Waals surface area contributed by atoms with E-state index in [1.165, 1.54) is 0 Å². The lowest BCUT2D eigenvalue weighted by Gasteiger charge is -2.12. The Balaban J connectivity index is 2.19. The molecule has 2 rings (SSSR count). The van der Waals surface area contributed by atoms with Gasteiger partial charge < -0.3 is 11.1 Å². The Morgan fingerprint density at radius 3 is 2.68 bits per heavy atom. The molecule has 2 nitrogen and oxygen atoms in total. The van der Waals surface area contributed by atoms with Gasteiger partial charge in [0, 0.05) is 17.8 Å². The SMILES string of the molecule is Cc1cc(N)c(Cl)cc1NCc1cc(F)ccc1F. The van der Waals surface area contributed by atoms with Gasteiger partial charge in [0.1, 0.15) is 11.6 Å². The van der Waals surface area contributed by atoms with Gasteiger partial charge in [-0.2, -0.15) is 0 Å². The van der Waals surface area contributed by atoms with Gasteiger partial charge >= 0.3 is 0 Å². The van der Waals surface area contributed by atoms with E-state index in [1.807, 2.05) is 6.92 Å². The molecule has 2 aromatic rings. The molecule has 0 saturated heterocycles. The lowest BCUT2D eigenvalue weighted by molar-refractivity contribution is 0.587. The molecular weight excluding hydrogens is 270 g/mol. The second kappa shape index (κ2) is 5.45. The van der Waals surface area contributed by atoms with E-state index in [4.69, 9.17) is 17.3 Å². The van der Waals surface area contributed by atoms with E-state index in [0.29, 0.717) is 10.7 Å². The first kappa shape index (κ1) is 13.6. The molecule has 0 atom stereocenters. The van der Waals surface area contributed by atoms with Gasteiger partial charge in [-0.15, -0.1) is 0 Å². The largest absolute Gasteiger partial charge is 0.398 e. The molecular formula is C14H13ClF2N2. The van der Waals surface area contributed by atoms with Crippen LogP contribution in [0.3, 0.4) is 0 Å². The molecule has 0 aliphatic rings. The van der Waals surface area contributed by atoms with Crippen LogP contribution in [-0.2, 0) is 6.54 Å². The molecule has 0 unspecified atom stereocenters. The average Bonchev–Trinajstić information content (AvgIpc) is 2.36. The maximum absolute atomic E-state index is 13.5. The number of nitrogen functional groups attached to an aromatic ring is 1. The summed E-state index contributed by atoms with van der Waals surface area (Å²) in [4.78, 5) is 0. The Hall–Kier alpha value is -1.81. The molecule has 0 bridgehead atoms. The first-order valence-electron chi connectivity index (χ1n) is 5.71. The van der Waals surface area contributed by atoms with Gasteiger partial charge in [0.05, 0.1) is 10.7 Å². The van der Waals surface area contributed by atoms with Crippen LogP contribution in [-0.4, -0.2) is 0 Å². The van der Waals surface area contributed by atoms with Crippen LogP contribution in [0.15, 0.2) is 30.3 Å². The van der Waals surface area contributed by atoms with Crippen LogP contribution in [0.4, 0.5) is 20.2 Å². The van der Waals surface area contributed by atoms with E-state index in [1.54, 1.807) is 12.1 Å². The fraction of sp³-hybridized carbons (Fsp3) is 0.143. The van der Waals surface area contributed by atoms with Crippen molar-refractivity contribution in [2.24, 2.45) is 0 Å². The van der Waals surface area contributed by atoms with Crippen molar-refractivity contribution in [3.05, 3.63) is 58.1 Å². The summed E-state index contributed by atoms with van der Waals surface area (Å²) in [5.74, 6) is -0.918. The average molecular weight is 283 g/mol. The lowest BCUT2D eigenvalue weighted by Crippen LogP contribution is -2.04. The number of benzene rings is 2. The number of nitrogens with one attached hydrogen (secondary N) is 1. The fourth-order valence-corrected chi connectivity index (χ4v) is 1.93. The summed E-state index contributed by atoms with van der Waals surface area (Å²) in [7, 11) is 0. The monoisotopic (exact) mass is 282 g/mol. The van der Waals surface area contributed by atoms with Crippen LogP contribution >= 0.6 is 11.6 Å². The van der Waals surface area contributed by atoms with Crippen molar-refractivity contribution in [1.29, 1.82) is 0 Å². The van der Waals surface area contributed by atoms with Crippen LogP contribution in [0, 0.1) is 18.6 Å². The molecule has 0 heterocycles. The molecule has 100 valence electrons. The van der Waals surface area contributed by atoms with Crippen LogP contribution in [0.25, 0.3) is 0 Å². The minimum absolute atomic E-state index is 0.171. The normalized spacial score (nSPS) is 10.5. The maximum Gasteiger partial charge on any atom is 0.128 e. The van der Waals surface area contributed by atoms with Crippen LogP contribution in [0.5, 0.6) is 0 Å². The summed E-state index contributed by atoms with van der Waals surface area (Å²) in [6.45, 7) is 2.03. The number of nitrogens with two attached hydrogens (primary N) is 1. The quantitative estimate of drug-likeness (QED) is 0.831. The van der Waals surface area contributed by atoms with E-state index in [9.17, 15) is 8.78 Å². The molecule has 3 N–H and O–H groups in total. The Morgan fingerprint density at radius 2 is 1.95 bits per heavy atom. The first-order chi connectivity index (χ1) is 8.97. The Morgan fingerprint density at radius 1 is 1.21 bits per heavy atom. The fourth-order valence-electron chi connectivity index (χ4n) is 1.76.